The molecule has 148 heavy (non-hydrogen) atoms. The molecule has 0 saturated heterocycles. The molecule has 0 atom stereocenters. The first kappa shape index (κ1) is 89.5. The average Bonchev–Trinajstić information content (AvgIpc) is 1.61. The molecule has 9 aromatic heterocycles. The van der Waals surface area contributed by atoms with Crippen LogP contribution in [0.4, 0.5) is 0 Å². The molecule has 0 spiro atoms. The van der Waals surface area contributed by atoms with E-state index in [2.05, 4.69) is 120 Å². The second kappa shape index (κ2) is 40.3. The van der Waals surface area contributed by atoms with Gasteiger partial charge in [0.05, 0.1) is 17.6 Å². The van der Waals surface area contributed by atoms with E-state index >= 15 is 0 Å². The zero-order valence-electron chi connectivity index (χ0n) is 79.0. The molecule has 0 aliphatic heterocycles. The first-order chi connectivity index (χ1) is 73.2. The van der Waals surface area contributed by atoms with Crippen LogP contribution in [0.25, 0.3) is 255 Å². The number of thiophene rings is 2. The van der Waals surface area contributed by atoms with E-state index in [9.17, 15) is 0 Å². The Labute approximate surface area is 857 Å². The highest BCUT2D eigenvalue weighted by molar-refractivity contribution is 7.26. The highest BCUT2D eigenvalue weighted by Gasteiger charge is 2.24. The second-order valence-electron chi connectivity index (χ2n) is 35.1. The van der Waals surface area contributed by atoms with Crippen molar-refractivity contribution in [1.29, 1.82) is 0 Å². The van der Waals surface area contributed by atoms with Crippen LogP contribution in [-0.4, -0.2) is 79.7 Å². The Morgan fingerprint density at radius 2 is 0.419 bits per heavy atom. The van der Waals surface area contributed by atoms with Gasteiger partial charge in [-0.1, -0.05) is 382 Å². The number of para-hydroxylation sites is 1. The van der Waals surface area contributed by atoms with Crippen LogP contribution >= 0.6 is 22.7 Å². The third-order valence-electron chi connectivity index (χ3n) is 25.4. The van der Waals surface area contributed by atoms with Crippen molar-refractivity contribution in [3.05, 3.63) is 485 Å². The van der Waals surface area contributed by atoms with E-state index in [1.54, 1.807) is 28.9 Å². The van der Waals surface area contributed by atoms with Gasteiger partial charge in [0.15, 0.2) is 87.3 Å². The van der Waals surface area contributed by atoms with Crippen molar-refractivity contribution >= 4 is 85.0 Å². The van der Waals surface area contributed by atoms with E-state index in [0.29, 0.717) is 98.7 Å². The van der Waals surface area contributed by atoms with Gasteiger partial charge < -0.3 is 9.15 Å². The summed E-state index contributed by atoms with van der Waals surface area (Å²) in [6, 6.07) is 161. The molecule has 696 valence electrons. The SMILES string of the molecule is c1ccc(-c2cc(-c3ccccc3)nc(-c3ccc4sc5cc(-c6nc(-c7ccccc7)nc(-c7ccccc7)n6)ccc5c4c3)n2)cc1.c1ccc(-c2nc(-c3ccccc3)nc(-c3ccc4c(c3)sc3ccc(-c5nc(-c6ccccc6)nc(-c6ccccc6)n5)cc34)n2)cc1.c1ccc(Oc2cnc(-c3ccccc3)nc2-c2ccc3oc4cc(-c5nc(-c6ccccc6)nc(-c6ccccc6)n5)ccc4c3c2)cc1. The summed E-state index contributed by atoms with van der Waals surface area (Å²) in [6.45, 7) is 0. The topological polar surface area (TPSA) is 229 Å². The average molecular weight is 1940 g/mol. The van der Waals surface area contributed by atoms with Gasteiger partial charge >= 0.3 is 0 Å². The number of aromatic nitrogens is 16. The lowest BCUT2D eigenvalue weighted by Crippen LogP contribution is -2.00. The number of rotatable bonds is 19. The van der Waals surface area contributed by atoms with Crippen LogP contribution in [0.2, 0.25) is 0 Å². The maximum Gasteiger partial charge on any atom is 0.172 e. The lowest BCUT2D eigenvalue weighted by Gasteiger charge is -2.12. The highest BCUT2D eigenvalue weighted by Crippen LogP contribution is 2.45. The molecule has 0 fully saturated rings. The number of nitrogens with zero attached hydrogens (tertiary/aromatic N) is 16. The van der Waals surface area contributed by atoms with E-state index in [0.717, 1.165) is 148 Å². The summed E-state index contributed by atoms with van der Waals surface area (Å²) in [5, 5.41) is 6.58. The minimum Gasteiger partial charge on any atom is -0.456 e. The molecule has 0 radical (unpaired) electrons. The Bertz CT molecular complexity index is 8880. The number of furan rings is 1. The fraction of sp³-hybridized carbons (Fsp3) is 0. The first-order valence-corrected chi connectivity index (χ1v) is 49.9. The molecule has 27 rings (SSSR count). The molecule has 0 amide bonds. The fourth-order valence-corrected chi connectivity index (χ4v) is 20.3. The van der Waals surface area contributed by atoms with E-state index < -0.39 is 0 Å². The van der Waals surface area contributed by atoms with Crippen LogP contribution in [0.1, 0.15) is 0 Å². The van der Waals surface area contributed by atoms with E-state index in [4.69, 9.17) is 83.9 Å². The van der Waals surface area contributed by atoms with Crippen molar-refractivity contribution in [2.75, 3.05) is 0 Å². The van der Waals surface area contributed by atoms with Crippen molar-refractivity contribution < 1.29 is 9.15 Å². The molecule has 18 nitrogen and oxygen atoms in total. The molecule has 0 saturated carbocycles. The van der Waals surface area contributed by atoms with Gasteiger partial charge in [0, 0.05) is 146 Å². The van der Waals surface area contributed by atoms with Crippen LogP contribution < -0.4 is 4.74 Å². The fourth-order valence-electron chi connectivity index (χ4n) is 18.0. The minimum absolute atomic E-state index is 0.559. The third kappa shape index (κ3) is 18.9. The molecule has 9 heterocycles. The molecular weight excluding hydrogens is 1860 g/mol. The van der Waals surface area contributed by atoms with E-state index in [1.807, 2.05) is 364 Å². The number of fused-ring (bicyclic) bond motifs is 9. The standard InChI is InChI=1S/C43H27N5O2.C43H27N5S.C42H26N6S/c1-5-13-28(14-6-1)40-44-27-38(49-33-19-11-4-12-20-33)39(45-40)31-22-24-36-35(25-31)34-23-21-32(26-37(34)50-36)43-47-41(29-15-7-2-8-16-29)46-42(48-43)30-17-9-3-10-18-30;1-5-13-28(14-6-1)36-27-37(29-15-7-2-8-16-29)45-42(44-36)32-22-24-38-35(25-32)34-23-21-33(26-39(34)49-38)43-47-40(30-17-9-3-10-18-30)46-41(48-43)31-19-11-4-12-20-31;1-5-13-27(14-6-1)37-43-38(28-15-7-2-8-16-28)46-41(45-37)31-22-24-35-34(25-31)33-23-21-32(26-36(33)49-35)42-47-39(29-17-9-3-10-18-29)44-40(48-42)30-19-11-4-12-20-30/h1-27H;1-27H;1-26H. The number of hydrogen-bond acceptors (Lipinski definition) is 20. The summed E-state index contributed by atoms with van der Waals surface area (Å²) >= 11 is 3.51. The van der Waals surface area contributed by atoms with Crippen molar-refractivity contribution in [1.82, 2.24) is 79.7 Å². The normalized spacial score (nSPS) is 11.2. The lowest BCUT2D eigenvalue weighted by molar-refractivity contribution is 0.480. The first-order valence-electron chi connectivity index (χ1n) is 48.3. The quantitative estimate of drug-likeness (QED) is 0.0733. The van der Waals surface area contributed by atoms with Gasteiger partial charge in [-0.2, -0.15) is 0 Å². The van der Waals surface area contributed by atoms with Gasteiger partial charge in [-0.15, -0.1) is 22.7 Å². The molecular formula is C128H80N16O2S2. The molecule has 0 aliphatic carbocycles. The molecule has 0 unspecified atom stereocenters. The van der Waals surface area contributed by atoms with Gasteiger partial charge in [-0.05, 0) is 97.1 Å². The zero-order valence-corrected chi connectivity index (χ0v) is 80.6. The predicted molar refractivity (Wildman–Crippen MR) is 596 cm³/mol. The number of benzene rings is 18. The third-order valence-corrected chi connectivity index (χ3v) is 27.7. The van der Waals surface area contributed by atoms with E-state index in [-0.39, 0.29) is 0 Å². The Morgan fingerprint density at radius 3 is 0.750 bits per heavy atom. The number of hydrogen-bond donors (Lipinski definition) is 0. The molecule has 20 heteroatoms. The van der Waals surface area contributed by atoms with Crippen molar-refractivity contribution in [2.24, 2.45) is 0 Å². The largest absolute Gasteiger partial charge is 0.456 e. The van der Waals surface area contributed by atoms with Crippen LogP contribution in [0.15, 0.2) is 490 Å². The van der Waals surface area contributed by atoms with Crippen molar-refractivity contribution in [3.8, 4) is 205 Å². The van der Waals surface area contributed by atoms with Crippen molar-refractivity contribution in [2.45, 2.75) is 0 Å². The van der Waals surface area contributed by atoms with Crippen LogP contribution in [-0.2, 0) is 0 Å². The molecule has 18 aromatic carbocycles. The van der Waals surface area contributed by atoms with E-state index in [1.165, 1.54) is 20.2 Å². The van der Waals surface area contributed by atoms with Gasteiger partial charge in [0.25, 0.3) is 0 Å². The lowest BCUT2D eigenvalue weighted by atomic mass is 10.0. The maximum absolute atomic E-state index is 6.42. The van der Waals surface area contributed by atoms with Crippen LogP contribution in [0, 0.1) is 0 Å². The second-order valence-corrected chi connectivity index (χ2v) is 37.3. The predicted octanol–water partition coefficient (Wildman–Crippen LogP) is 32.1. The monoisotopic (exact) mass is 1940 g/mol. The smallest absolute Gasteiger partial charge is 0.172 e. The Kier molecular flexibility index (Phi) is 24.4. The summed E-state index contributed by atoms with van der Waals surface area (Å²) < 4.78 is 17.4. The summed E-state index contributed by atoms with van der Waals surface area (Å²) in [4.78, 5) is 78.6. The van der Waals surface area contributed by atoms with Gasteiger partial charge in [0.1, 0.15) is 22.6 Å². The summed E-state index contributed by atoms with van der Waals surface area (Å²) in [7, 11) is 0. The molecule has 0 aliphatic rings. The highest BCUT2D eigenvalue weighted by atomic mass is 32.1. The van der Waals surface area contributed by atoms with Gasteiger partial charge in [-0.25, -0.2) is 79.7 Å². The molecule has 0 N–H and O–H groups in total. The minimum atomic E-state index is 0.559. The van der Waals surface area contributed by atoms with Crippen LogP contribution in [0.3, 0.4) is 0 Å². The molecule has 27 aromatic rings. The van der Waals surface area contributed by atoms with Crippen LogP contribution in [0.5, 0.6) is 11.5 Å². The molecule has 0 bridgehead atoms. The summed E-state index contributed by atoms with van der Waals surface area (Å²) in [6.07, 6.45) is 1.74. The Balaban J connectivity index is 0.000000115. The maximum atomic E-state index is 6.42. The Morgan fingerprint density at radius 1 is 0.162 bits per heavy atom. The number of ether oxygens (including phenoxy) is 1. The summed E-state index contributed by atoms with van der Waals surface area (Å²) in [5.41, 5.74) is 20.0. The zero-order chi connectivity index (χ0) is 98.4. The van der Waals surface area contributed by atoms with Gasteiger partial charge in [0.2, 0.25) is 0 Å². The summed E-state index contributed by atoms with van der Waals surface area (Å²) in [5.74, 6) is 10.2. The Hall–Kier alpha value is -19.8. The van der Waals surface area contributed by atoms with Gasteiger partial charge in [-0.3, -0.25) is 0 Å². The van der Waals surface area contributed by atoms with Crippen molar-refractivity contribution in [3.63, 3.8) is 0 Å².